The number of nitrogens with one attached hydrogen (secondary N) is 1. The van der Waals surface area contributed by atoms with Crippen LogP contribution in [0.5, 0.6) is 0 Å². The molecule has 2 rings (SSSR count). The largest absolute Gasteiger partial charge is 0.355 e. The molecule has 4 heteroatoms. The second-order valence-corrected chi connectivity index (χ2v) is 5.30. The molecular weight excluding hydrogens is 224 g/mol. The van der Waals surface area contributed by atoms with Crippen molar-refractivity contribution < 1.29 is 4.79 Å². The first-order valence-electron chi connectivity index (χ1n) is 6.20. The Balaban J connectivity index is 0.00000128. The fourth-order valence-electron chi connectivity index (χ4n) is 3.27. The van der Waals surface area contributed by atoms with E-state index in [2.05, 4.69) is 5.32 Å². The fraction of sp³-hybridized carbons (Fsp3) is 0.917. The zero-order valence-electron chi connectivity index (χ0n) is 9.95. The van der Waals surface area contributed by atoms with Crippen LogP contribution in [0.25, 0.3) is 0 Å². The lowest BCUT2D eigenvalue weighted by Gasteiger charge is -2.21. The lowest BCUT2D eigenvalue weighted by atomic mass is 9.86. The molecule has 0 aromatic carbocycles. The summed E-state index contributed by atoms with van der Waals surface area (Å²) in [6, 6.07) is -0.370. The van der Waals surface area contributed by atoms with Crippen molar-refractivity contribution >= 4 is 18.3 Å². The van der Waals surface area contributed by atoms with E-state index < -0.39 is 0 Å². The molecule has 4 atom stereocenters. The SMILES string of the molecule is C[C@H](N)C(=O)NCCC1CC2CCC1C2.Cl. The van der Waals surface area contributed by atoms with E-state index in [9.17, 15) is 4.79 Å². The average molecular weight is 247 g/mol. The summed E-state index contributed by atoms with van der Waals surface area (Å²) >= 11 is 0. The van der Waals surface area contributed by atoms with Gasteiger partial charge in [0.05, 0.1) is 6.04 Å². The summed E-state index contributed by atoms with van der Waals surface area (Å²) in [5, 5.41) is 2.90. The van der Waals surface area contributed by atoms with E-state index in [4.69, 9.17) is 5.73 Å². The van der Waals surface area contributed by atoms with Crippen LogP contribution in [0.1, 0.15) is 39.0 Å². The van der Waals surface area contributed by atoms with E-state index >= 15 is 0 Å². The molecule has 2 fully saturated rings. The first-order valence-corrected chi connectivity index (χ1v) is 6.20. The molecule has 2 saturated carbocycles. The van der Waals surface area contributed by atoms with Crippen molar-refractivity contribution in [2.45, 2.75) is 45.1 Å². The van der Waals surface area contributed by atoms with Crippen molar-refractivity contribution in [2.24, 2.45) is 23.5 Å². The fourth-order valence-corrected chi connectivity index (χ4v) is 3.27. The van der Waals surface area contributed by atoms with E-state index in [0.717, 1.165) is 30.7 Å². The molecule has 0 aromatic rings. The molecular formula is C12H23ClN2O. The normalized spacial score (nSPS) is 33.2. The smallest absolute Gasteiger partial charge is 0.236 e. The zero-order chi connectivity index (χ0) is 10.8. The Labute approximate surface area is 104 Å². The molecule has 3 nitrogen and oxygen atoms in total. The van der Waals surface area contributed by atoms with Crippen LogP contribution in [0.3, 0.4) is 0 Å². The number of amides is 1. The van der Waals surface area contributed by atoms with Crippen molar-refractivity contribution in [2.75, 3.05) is 6.54 Å². The summed E-state index contributed by atoms with van der Waals surface area (Å²) in [6.07, 6.45) is 6.88. The Morgan fingerprint density at radius 3 is 2.69 bits per heavy atom. The van der Waals surface area contributed by atoms with Crippen molar-refractivity contribution in [3.8, 4) is 0 Å². The number of carbonyl (C=O) groups excluding carboxylic acids is 1. The zero-order valence-corrected chi connectivity index (χ0v) is 10.8. The number of hydrogen-bond acceptors (Lipinski definition) is 2. The Kier molecular flexibility index (Phi) is 5.06. The second kappa shape index (κ2) is 5.87. The van der Waals surface area contributed by atoms with Crippen LogP contribution in [0, 0.1) is 17.8 Å². The first-order chi connectivity index (χ1) is 7.16. The molecule has 0 radical (unpaired) electrons. The number of carbonyl (C=O) groups is 1. The van der Waals surface area contributed by atoms with E-state index in [1.54, 1.807) is 6.92 Å². The van der Waals surface area contributed by atoms with E-state index in [1.165, 1.54) is 25.7 Å². The summed E-state index contributed by atoms with van der Waals surface area (Å²) < 4.78 is 0. The minimum atomic E-state index is -0.370. The molecule has 3 N–H and O–H groups in total. The number of hydrogen-bond donors (Lipinski definition) is 2. The third kappa shape index (κ3) is 3.11. The molecule has 2 aliphatic carbocycles. The highest BCUT2D eigenvalue weighted by Crippen LogP contribution is 2.49. The molecule has 2 aliphatic rings. The molecule has 0 spiro atoms. The molecule has 94 valence electrons. The quantitative estimate of drug-likeness (QED) is 0.793. The minimum Gasteiger partial charge on any atom is -0.355 e. The van der Waals surface area contributed by atoms with Gasteiger partial charge in [0, 0.05) is 6.54 Å². The van der Waals surface area contributed by atoms with Crippen molar-refractivity contribution in [1.29, 1.82) is 0 Å². The van der Waals surface area contributed by atoms with Gasteiger partial charge in [0.2, 0.25) is 5.91 Å². The lowest BCUT2D eigenvalue weighted by molar-refractivity contribution is -0.122. The lowest BCUT2D eigenvalue weighted by Crippen LogP contribution is -2.39. The van der Waals surface area contributed by atoms with Crippen LogP contribution in [-0.2, 0) is 4.79 Å². The predicted molar refractivity (Wildman–Crippen MR) is 67.5 cm³/mol. The van der Waals surface area contributed by atoms with Gasteiger partial charge in [-0.2, -0.15) is 0 Å². The van der Waals surface area contributed by atoms with E-state index in [-0.39, 0.29) is 24.4 Å². The van der Waals surface area contributed by atoms with Crippen LogP contribution < -0.4 is 11.1 Å². The van der Waals surface area contributed by atoms with Crippen molar-refractivity contribution in [1.82, 2.24) is 5.32 Å². The Bertz CT molecular complexity index is 245. The Morgan fingerprint density at radius 1 is 1.44 bits per heavy atom. The summed E-state index contributed by atoms with van der Waals surface area (Å²) in [4.78, 5) is 11.2. The van der Waals surface area contributed by atoms with Gasteiger partial charge in [0.15, 0.2) is 0 Å². The van der Waals surface area contributed by atoms with E-state index in [1.807, 2.05) is 0 Å². The number of fused-ring (bicyclic) bond motifs is 2. The molecule has 1 amide bonds. The monoisotopic (exact) mass is 246 g/mol. The molecule has 2 bridgehead atoms. The summed E-state index contributed by atoms with van der Waals surface area (Å²) in [5.41, 5.74) is 5.48. The number of nitrogens with two attached hydrogens (primary N) is 1. The van der Waals surface area contributed by atoms with Crippen LogP contribution in [0.4, 0.5) is 0 Å². The average Bonchev–Trinajstić information content (AvgIpc) is 2.78. The first kappa shape index (κ1) is 13.8. The number of halogens is 1. The highest BCUT2D eigenvalue weighted by molar-refractivity contribution is 5.85. The van der Waals surface area contributed by atoms with Crippen molar-refractivity contribution in [3.05, 3.63) is 0 Å². The Morgan fingerprint density at radius 2 is 2.19 bits per heavy atom. The second-order valence-electron chi connectivity index (χ2n) is 5.30. The maximum Gasteiger partial charge on any atom is 0.236 e. The van der Waals surface area contributed by atoms with E-state index in [0.29, 0.717) is 0 Å². The van der Waals surface area contributed by atoms with Gasteiger partial charge in [0.1, 0.15) is 0 Å². The third-order valence-electron chi connectivity index (χ3n) is 4.11. The van der Waals surface area contributed by atoms with Gasteiger partial charge in [-0.1, -0.05) is 6.42 Å². The number of rotatable bonds is 4. The van der Waals surface area contributed by atoms with Gasteiger partial charge >= 0.3 is 0 Å². The summed E-state index contributed by atoms with van der Waals surface area (Å²) in [7, 11) is 0. The Hall–Kier alpha value is -0.280. The molecule has 0 aromatic heterocycles. The van der Waals surface area contributed by atoms with Crippen LogP contribution in [-0.4, -0.2) is 18.5 Å². The predicted octanol–water partition coefficient (Wildman–Crippen LogP) is 1.70. The highest BCUT2D eigenvalue weighted by atomic mass is 35.5. The van der Waals surface area contributed by atoms with Crippen LogP contribution in [0.2, 0.25) is 0 Å². The van der Waals surface area contributed by atoms with Crippen LogP contribution in [0.15, 0.2) is 0 Å². The molecule has 16 heavy (non-hydrogen) atoms. The third-order valence-corrected chi connectivity index (χ3v) is 4.11. The highest BCUT2D eigenvalue weighted by Gasteiger charge is 2.38. The van der Waals surface area contributed by atoms with Gasteiger partial charge in [-0.05, 0) is 50.4 Å². The summed E-state index contributed by atoms with van der Waals surface area (Å²) in [6.45, 7) is 2.54. The topological polar surface area (TPSA) is 55.1 Å². The van der Waals surface area contributed by atoms with Gasteiger partial charge in [-0.25, -0.2) is 0 Å². The maximum atomic E-state index is 11.2. The molecule has 0 heterocycles. The van der Waals surface area contributed by atoms with Crippen molar-refractivity contribution in [3.63, 3.8) is 0 Å². The van der Waals surface area contributed by atoms with Gasteiger partial charge in [-0.3, -0.25) is 4.79 Å². The molecule has 0 aliphatic heterocycles. The van der Waals surface area contributed by atoms with Crippen LogP contribution >= 0.6 is 12.4 Å². The molecule has 3 unspecified atom stereocenters. The van der Waals surface area contributed by atoms with Gasteiger partial charge < -0.3 is 11.1 Å². The van der Waals surface area contributed by atoms with Gasteiger partial charge in [-0.15, -0.1) is 12.4 Å². The molecule has 0 saturated heterocycles. The minimum absolute atomic E-state index is 0. The maximum absolute atomic E-state index is 11.2. The summed E-state index contributed by atoms with van der Waals surface area (Å²) in [5.74, 6) is 2.82. The van der Waals surface area contributed by atoms with Gasteiger partial charge in [0.25, 0.3) is 0 Å². The standard InChI is InChI=1S/C12H22N2O.ClH/c1-8(13)12(15)14-5-4-11-7-9-2-3-10(11)6-9;/h8-11H,2-7,13H2,1H3,(H,14,15);1H/t8-,9?,10?,11?;/m0./s1.